The van der Waals surface area contributed by atoms with E-state index in [9.17, 15) is 4.79 Å². The highest BCUT2D eigenvalue weighted by Crippen LogP contribution is 2.36. The maximum Gasteiger partial charge on any atom is 0.191 e. The van der Waals surface area contributed by atoms with Gasteiger partial charge in [-0.05, 0) is 46.3 Å². The zero-order chi connectivity index (χ0) is 12.8. The third kappa shape index (κ3) is 2.96. The molecular weight excluding hydrogens is 236 g/mol. The zero-order valence-corrected chi connectivity index (χ0v) is 12.3. The molecule has 2 aliphatic rings. The fourth-order valence-corrected chi connectivity index (χ4v) is 3.56. The van der Waals surface area contributed by atoms with Gasteiger partial charge in [-0.1, -0.05) is 0 Å². The Labute approximate surface area is 104 Å². The van der Waals surface area contributed by atoms with Crippen LogP contribution in [-0.2, 0) is 18.7 Å². The molecule has 3 atom stereocenters. The summed E-state index contributed by atoms with van der Waals surface area (Å²) < 4.78 is 17.3. The number of hydrogen-bond donors (Lipinski definition) is 0. The number of ether oxygens (including phenoxy) is 2. The minimum Gasteiger partial charge on any atom is -0.408 e. The van der Waals surface area contributed by atoms with Gasteiger partial charge in [-0.15, -0.1) is 0 Å². The summed E-state index contributed by atoms with van der Waals surface area (Å²) in [7, 11) is -1.68. The van der Waals surface area contributed by atoms with Crippen molar-refractivity contribution in [3.05, 3.63) is 0 Å². The third-order valence-electron chi connectivity index (χ3n) is 2.99. The molecule has 98 valence electrons. The monoisotopic (exact) mass is 258 g/mol. The summed E-state index contributed by atoms with van der Waals surface area (Å²) in [6.07, 6.45) is 0.790. The lowest BCUT2D eigenvalue weighted by Crippen LogP contribution is -2.48. The predicted octanol–water partition coefficient (Wildman–Crippen LogP) is 2.09. The Balaban J connectivity index is 2.06. The van der Waals surface area contributed by atoms with Crippen molar-refractivity contribution in [2.45, 2.75) is 70.4 Å². The van der Waals surface area contributed by atoms with E-state index in [0.717, 1.165) is 12.8 Å². The van der Waals surface area contributed by atoms with Crippen LogP contribution in [0.5, 0.6) is 0 Å². The fraction of sp³-hybridized carbons (Fsp3) is 0.917. The summed E-state index contributed by atoms with van der Waals surface area (Å²) in [6.45, 7) is 10.0. The van der Waals surface area contributed by atoms with Crippen LogP contribution in [0.1, 0.15) is 26.7 Å². The third-order valence-corrected chi connectivity index (χ3v) is 3.98. The summed E-state index contributed by atoms with van der Waals surface area (Å²) in [6, 6.07) is 0. The van der Waals surface area contributed by atoms with Gasteiger partial charge >= 0.3 is 0 Å². The molecule has 0 aromatic rings. The number of rotatable bonds is 2. The van der Waals surface area contributed by atoms with Gasteiger partial charge in [0, 0.05) is 0 Å². The quantitative estimate of drug-likeness (QED) is 0.711. The highest BCUT2D eigenvalue weighted by atomic mass is 28.4. The summed E-state index contributed by atoms with van der Waals surface area (Å²) in [5.41, 5.74) is 0. The molecule has 1 aliphatic carbocycles. The molecule has 0 N–H and O–H groups in total. The van der Waals surface area contributed by atoms with Crippen LogP contribution in [0, 0.1) is 0 Å². The normalized spacial score (nSPS) is 37.0. The summed E-state index contributed by atoms with van der Waals surface area (Å²) in [5, 5.41) is 0. The van der Waals surface area contributed by atoms with Crippen LogP contribution in [0.4, 0.5) is 0 Å². The number of ketones is 1. The van der Waals surface area contributed by atoms with Gasteiger partial charge in [0.2, 0.25) is 0 Å². The van der Waals surface area contributed by atoms with Crippen LogP contribution in [-0.4, -0.2) is 38.2 Å². The van der Waals surface area contributed by atoms with Crippen molar-refractivity contribution in [1.29, 1.82) is 0 Å². The fourth-order valence-electron chi connectivity index (χ4n) is 2.47. The highest BCUT2D eigenvalue weighted by molar-refractivity contribution is 6.69. The molecule has 0 aromatic heterocycles. The first-order chi connectivity index (χ1) is 7.68. The topological polar surface area (TPSA) is 44.8 Å². The lowest BCUT2D eigenvalue weighted by Gasteiger charge is -2.32. The van der Waals surface area contributed by atoms with Crippen molar-refractivity contribution in [3.8, 4) is 0 Å². The lowest BCUT2D eigenvalue weighted by molar-refractivity contribution is -0.156. The summed E-state index contributed by atoms with van der Waals surface area (Å²) in [4.78, 5) is 12.3. The van der Waals surface area contributed by atoms with Crippen LogP contribution < -0.4 is 0 Å². The molecule has 1 heterocycles. The molecule has 0 radical (unpaired) electrons. The van der Waals surface area contributed by atoms with Crippen LogP contribution >= 0.6 is 0 Å². The van der Waals surface area contributed by atoms with Crippen LogP contribution in [0.2, 0.25) is 19.6 Å². The predicted molar refractivity (Wildman–Crippen MR) is 66.3 cm³/mol. The molecule has 1 aliphatic heterocycles. The first-order valence-corrected chi connectivity index (χ1v) is 9.66. The lowest BCUT2D eigenvalue weighted by atomic mass is 9.91. The van der Waals surface area contributed by atoms with Gasteiger partial charge in [-0.3, -0.25) is 4.79 Å². The second-order valence-electron chi connectivity index (χ2n) is 6.29. The molecule has 2 fully saturated rings. The molecule has 5 heteroatoms. The van der Waals surface area contributed by atoms with Gasteiger partial charge in [0.05, 0.1) is 6.10 Å². The van der Waals surface area contributed by atoms with E-state index < -0.39 is 20.2 Å². The van der Waals surface area contributed by atoms with E-state index in [4.69, 9.17) is 13.9 Å². The van der Waals surface area contributed by atoms with E-state index in [1.165, 1.54) is 0 Å². The molecule has 0 spiro atoms. The molecule has 0 bridgehead atoms. The van der Waals surface area contributed by atoms with Crippen molar-refractivity contribution in [2.75, 3.05) is 0 Å². The molecule has 2 rings (SSSR count). The van der Waals surface area contributed by atoms with E-state index in [1.807, 2.05) is 13.8 Å². The second-order valence-corrected chi connectivity index (χ2v) is 10.8. The molecule has 0 unspecified atom stereocenters. The molecule has 17 heavy (non-hydrogen) atoms. The number of Topliss-reactive ketones (excluding diaryl/α,β-unsaturated/α-hetero) is 1. The van der Waals surface area contributed by atoms with E-state index in [1.54, 1.807) is 0 Å². The van der Waals surface area contributed by atoms with E-state index in [-0.39, 0.29) is 18.0 Å². The average molecular weight is 258 g/mol. The van der Waals surface area contributed by atoms with Gasteiger partial charge in [-0.2, -0.15) is 0 Å². The standard InChI is InChI=1S/C12H22O4Si/c1-12(2)14-9-7-6-8(16-17(3,4)5)10(13)11(9)15-12/h8-9,11H,6-7H2,1-5H3/t8-,9-,11-/m1/s1. The Morgan fingerprint density at radius 1 is 1.24 bits per heavy atom. The minimum atomic E-state index is -1.68. The first-order valence-electron chi connectivity index (χ1n) is 6.25. The average Bonchev–Trinajstić information content (AvgIpc) is 2.44. The van der Waals surface area contributed by atoms with Gasteiger partial charge in [-0.25, -0.2) is 0 Å². The highest BCUT2D eigenvalue weighted by Gasteiger charge is 2.50. The number of hydrogen-bond acceptors (Lipinski definition) is 4. The Kier molecular flexibility index (Phi) is 3.23. The van der Waals surface area contributed by atoms with Crippen LogP contribution in [0.25, 0.3) is 0 Å². The number of fused-ring (bicyclic) bond motifs is 1. The Morgan fingerprint density at radius 3 is 2.47 bits per heavy atom. The second kappa shape index (κ2) is 4.15. The van der Waals surface area contributed by atoms with E-state index in [2.05, 4.69) is 19.6 Å². The van der Waals surface area contributed by atoms with Crippen molar-refractivity contribution >= 4 is 14.1 Å². The first kappa shape index (κ1) is 13.2. The van der Waals surface area contributed by atoms with Gasteiger partial charge in [0.15, 0.2) is 19.9 Å². The smallest absolute Gasteiger partial charge is 0.191 e. The van der Waals surface area contributed by atoms with Crippen LogP contribution in [0.15, 0.2) is 0 Å². The molecule has 1 saturated carbocycles. The Bertz CT molecular complexity index is 321. The van der Waals surface area contributed by atoms with Crippen molar-refractivity contribution < 1.29 is 18.7 Å². The van der Waals surface area contributed by atoms with Crippen LogP contribution in [0.3, 0.4) is 0 Å². The van der Waals surface area contributed by atoms with Crippen molar-refractivity contribution in [1.82, 2.24) is 0 Å². The molecule has 1 saturated heterocycles. The van der Waals surface area contributed by atoms with E-state index >= 15 is 0 Å². The summed E-state index contributed by atoms with van der Waals surface area (Å²) >= 11 is 0. The number of carbonyl (C=O) groups excluding carboxylic acids is 1. The Morgan fingerprint density at radius 2 is 1.88 bits per heavy atom. The van der Waals surface area contributed by atoms with Crippen molar-refractivity contribution in [3.63, 3.8) is 0 Å². The SMILES string of the molecule is CC1(C)O[C@@H]2CC[C@@H](O[Si](C)(C)C)C(=O)[C@@H]2O1. The van der Waals surface area contributed by atoms with Gasteiger partial charge in [0.25, 0.3) is 0 Å². The Hall–Kier alpha value is -0.233. The van der Waals surface area contributed by atoms with E-state index in [0.29, 0.717) is 0 Å². The molecular formula is C12H22O4Si. The zero-order valence-electron chi connectivity index (χ0n) is 11.3. The molecule has 4 nitrogen and oxygen atoms in total. The molecule has 0 amide bonds. The van der Waals surface area contributed by atoms with Gasteiger partial charge < -0.3 is 13.9 Å². The molecule has 0 aromatic carbocycles. The largest absolute Gasteiger partial charge is 0.408 e. The number of carbonyl (C=O) groups is 1. The van der Waals surface area contributed by atoms with Gasteiger partial charge in [0.1, 0.15) is 12.2 Å². The maximum atomic E-state index is 12.3. The minimum absolute atomic E-state index is 0.0641. The summed E-state index contributed by atoms with van der Waals surface area (Å²) in [5.74, 6) is -0.576. The maximum absolute atomic E-state index is 12.3. The van der Waals surface area contributed by atoms with Crippen molar-refractivity contribution in [2.24, 2.45) is 0 Å².